The lowest BCUT2D eigenvalue weighted by Gasteiger charge is -2.50. The predicted octanol–water partition coefficient (Wildman–Crippen LogP) is 1.57. The van der Waals surface area contributed by atoms with Crippen LogP contribution in [0.2, 0.25) is 0 Å². The molecule has 4 atom stereocenters. The normalized spacial score (nSPS) is 26.8. The van der Waals surface area contributed by atoms with Crippen LogP contribution in [0.1, 0.15) is 30.0 Å². The summed E-state index contributed by atoms with van der Waals surface area (Å²) in [5.41, 5.74) is 3.48. The fraction of sp³-hybridized carbons (Fsp3) is 0.414. The molecule has 0 radical (unpaired) electrons. The summed E-state index contributed by atoms with van der Waals surface area (Å²) >= 11 is 0. The van der Waals surface area contributed by atoms with Crippen molar-refractivity contribution in [3.8, 4) is 5.75 Å². The number of carbonyl (C=O) groups excluding carboxylic acids is 3. The first-order valence-corrected chi connectivity index (χ1v) is 12.9. The molecule has 2 aromatic rings. The van der Waals surface area contributed by atoms with E-state index in [1.54, 1.807) is 20.2 Å². The van der Waals surface area contributed by atoms with Gasteiger partial charge >= 0.3 is 0 Å². The highest BCUT2D eigenvalue weighted by Gasteiger charge is 2.64. The van der Waals surface area contributed by atoms with Gasteiger partial charge in [-0.15, -0.1) is 0 Å². The maximum Gasteiger partial charge on any atom is 0.255 e. The van der Waals surface area contributed by atoms with E-state index < -0.39 is 58.0 Å². The van der Waals surface area contributed by atoms with Crippen LogP contribution >= 0.6 is 0 Å². The van der Waals surface area contributed by atoms with Crippen LogP contribution in [-0.2, 0) is 27.3 Å². The van der Waals surface area contributed by atoms with Crippen molar-refractivity contribution in [2.24, 2.45) is 17.6 Å². The van der Waals surface area contributed by atoms with Crippen LogP contribution in [0.15, 0.2) is 41.2 Å². The number of aromatic hydroxyl groups is 1. The summed E-state index contributed by atoms with van der Waals surface area (Å²) in [5.74, 6) is -6.50. The highest BCUT2D eigenvalue weighted by atomic mass is 16.3. The number of fused-ring (bicyclic) bond motifs is 4. The number of carbonyl (C=O) groups is 3. The van der Waals surface area contributed by atoms with Crippen LogP contribution in [0, 0.1) is 11.8 Å². The molecule has 0 heterocycles. The van der Waals surface area contributed by atoms with Crippen molar-refractivity contribution in [1.29, 1.82) is 0 Å². The second-order valence-electron chi connectivity index (χ2n) is 11.1. The van der Waals surface area contributed by atoms with Crippen molar-refractivity contribution in [2.45, 2.75) is 38.0 Å². The molecule has 5 rings (SSSR count). The lowest BCUT2D eigenvalue weighted by molar-refractivity contribution is -0.153. The molecule has 1 amide bonds. The van der Waals surface area contributed by atoms with Gasteiger partial charge in [-0.25, -0.2) is 0 Å². The Hall–Kier alpha value is -3.73. The molecule has 10 nitrogen and oxygen atoms in total. The minimum Gasteiger partial charge on any atom is -0.508 e. The summed E-state index contributed by atoms with van der Waals surface area (Å²) in [6.07, 6.45) is 0.320. The van der Waals surface area contributed by atoms with Crippen molar-refractivity contribution in [3.05, 3.63) is 57.9 Å². The highest BCUT2D eigenvalue weighted by Crippen LogP contribution is 2.53. The van der Waals surface area contributed by atoms with Crippen LogP contribution in [0.5, 0.6) is 5.75 Å². The third kappa shape index (κ3) is 3.70. The van der Waals surface area contributed by atoms with E-state index in [0.717, 1.165) is 17.5 Å². The third-order valence-electron chi connectivity index (χ3n) is 8.64. The number of amides is 1. The third-order valence-corrected chi connectivity index (χ3v) is 8.64. The van der Waals surface area contributed by atoms with Gasteiger partial charge in [-0.1, -0.05) is 25.1 Å². The lowest BCUT2D eigenvalue weighted by Crippen LogP contribution is -2.65. The summed E-state index contributed by atoms with van der Waals surface area (Å²) in [6.45, 7) is 3.53. The van der Waals surface area contributed by atoms with Crippen molar-refractivity contribution in [2.75, 3.05) is 27.7 Å². The standard InChI is InChI=1S/C29H33N3O7/c1-5-32(4)12-13-7-6-8-16-17(13)10-14-9-15-11-18-22(31(2)3)25(35)21(28(30)38)27(37)29(18,39)26(36)20(15)24(34)19(14)23(16)33/h6-8,10,15,18,22,33-34,37,39H,5,9,11-12H2,1-4H3,(H2,30,38)/t15-,18-,22-,29-/m0/s1. The molecule has 206 valence electrons. The summed E-state index contributed by atoms with van der Waals surface area (Å²) < 4.78 is 0. The Morgan fingerprint density at radius 2 is 1.82 bits per heavy atom. The number of nitrogens with zero attached hydrogens (tertiary/aromatic N) is 2. The molecule has 1 fully saturated rings. The number of rotatable bonds is 5. The Bertz CT molecular complexity index is 1510. The van der Waals surface area contributed by atoms with Crippen LogP contribution in [-0.4, -0.2) is 87.0 Å². The minimum absolute atomic E-state index is 0.0603. The Labute approximate surface area is 225 Å². The van der Waals surface area contributed by atoms with E-state index in [1.165, 1.54) is 4.90 Å². The molecule has 6 N–H and O–H groups in total. The van der Waals surface area contributed by atoms with Gasteiger partial charge in [0.05, 0.1) is 11.6 Å². The molecule has 0 bridgehead atoms. The molecule has 3 aliphatic rings. The van der Waals surface area contributed by atoms with Crippen LogP contribution < -0.4 is 5.73 Å². The number of benzene rings is 2. The number of nitrogens with two attached hydrogens (primary N) is 1. The Morgan fingerprint density at radius 1 is 1.13 bits per heavy atom. The van der Waals surface area contributed by atoms with E-state index >= 15 is 0 Å². The number of hydrogen-bond acceptors (Lipinski definition) is 9. The number of hydrogen-bond donors (Lipinski definition) is 5. The van der Waals surface area contributed by atoms with E-state index in [0.29, 0.717) is 17.5 Å². The highest BCUT2D eigenvalue weighted by molar-refractivity contribution is 6.24. The fourth-order valence-corrected chi connectivity index (χ4v) is 6.64. The maximum atomic E-state index is 13.9. The second kappa shape index (κ2) is 9.18. The molecule has 3 aliphatic carbocycles. The van der Waals surface area contributed by atoms with E-state index in [-0.39, 0.29) is 29.7 Å². The SMILES string of the molecule is CCN(C)Cc1cccc2c(O)c3c(cc12)C[C@H]1C[C@H]2[C@H](N(C)C)C(=O)C(C(N)=O)=C(O)[C@@]2(O)C(=O)C1=C3O. The molecule has 0 saturated heterocycles. The summed E-state index contributed by atoms with van der Waals surface area (Å²) in [5, 5.41) is 46.7. The van der Waals surface area contributed by atoms with Gasteiger partial charge in [0.15, 0.2) is 11.4 Å². The number of primary amides is 1. The van der Waals surface area contributed by atoms with Crippen LogP contribution in [0.3, 0.4) is 0 Å². The molecule has 0 aliphatic heterocycles. The Balaban J connectivity index is 1.72. The zero-order chi connectivity index (χ0) is 28.5. The smallest absolute Gasteiger partial charge is 0.255 e. The van der Waals surface area contributed by atoms with E-state index in [1.807, 2.05) is 32.2 Å². The summed E-state index contributed by atoms with van der Waals surface area (Å²) in [7, 11) is 5.14. The van der Waals surface area contributed by atoms with Crippen molar-refractivity contribution >= 4 is 34.0 Å². The fourth-order valence-electron chi connectivity index (χ4n) is 6.64. The molecule has 0 aromatic heterocycles. The topological polar surface area (TPSA) is 165 Å². The van der Waals surface area contributed by atoms with Gasteiger partial charge in [0.2, 0.25) is 5.78 Å². The summed E-state index contributed by atoms with van der Waals surface area (Å²) in [6, 6.07) is 6.34. The van der Waals surface area contributed by atoms with Gasteiger partial charge < -0.3 is 31.1 Å². The van der Waals surface area contributed by atoms with E-state index in [9.17, 15) is 34.8 Å². The van der Waals surface area contributed by atoms with Gasteiger partial charge in [0.1, 0.15) is 22.8 Å². The van der Waals surface area contributed by atoms with Gasteiger partial charge in [-0.3, -0.25) is 19.3 Å². The van der Waals surface area contributed by atoms with E-state index in [4.69, 9.17) is 5.73 Å². The molecule has 2 aromatic carbocycles. The number of aliphatic hydroxyl groups is 3. The second-order valence-corrected chi connectivity index (χ2v) is 11.1. The number of phenolic OH excluding ortho intramolecular Hbond substituents is 1. The van der Waals surface area contributed by atoms with E-state index in [2.05, 4.69) is 4.90 Å². The number of Topliss-reactive ketones (excluding diaryl/α,β-unsaturated/α-hetero) is 2. The average Bonchev–Trinajstić information content (AvgIpc) is 2.86. The number of likely N-dealkylation sites (N-methyl/N-ethyl adjacent to an activating group) is 1. The minimum atomic E-state index is -2.64. The van der Waals surface area contributed by atoms with Crippen molar-refractivity contribution in [3.63, 3.8) is 0 Å². The molecule has 39 heavy (non-hydrogen) atoms. The molecule has 10 heteroatoms. The first-order valence-electron chi connectivity index (χ1n) is 12.9. The number of aliphatic hydroxyl groups excluding tert-OH is 2. The number of phenols is 1. The van der Waals surface area contributed by atoms with Gasteiger partial charge in [0.25, 0.3) is 5.91 Å². The van der Waals surface area contributed by atoms with Crippen LogP contribution in [0.4, 0.5) is 0 Å². The first-order chi connectivity index (χ1) is 18.3. The Morgan fingerprint density at radius 3 is 2.44 bits per heavy atom. The molecule has 0 unspecified atom stereocenters. The predicted molar refractivity (Wildman–Crippen MR) is 144 cm³/mol. The number of ketones is 2. The monoisotopic (exact) mass is 535 g/mol. The van der Waals surface area contributed by atoms with Gasteiger partial charge in [0, 0.05) is 23.4 Å². The van der Waals surface area contributed by atoms with Gasteiger partial charge in [-0.2, -0.15) is 0 Å². The molecular formula is C29H33N3O7. The average molecular weight is 536 g/mol. The van der Waals surface area contributed by atoms with Crippen molar-refractivity contribution in [1.82, 2.24) is 9.80 Å². The maximum absolute atomic E-state index is 13.9. The molecule has 1 saturated carbocycles. The Kier molecular flexibility index (Phi) is 6.32. The first kappa shape index (κ1) is 26.9. The zero-order valence-electron chi connectivity index (χ0n) is 22.4. The largest absolute Gasteiger partial charge is 0.508 e. The van der Waals surface area contributed by atoms with Crippen molar-refractivity contribution < 1.29 is 34.8 Å². The van der Waals surface area contributed by atoms with Gasteiger partial charge in [-0.05, 0) is 69.0 Å². The lowest BCUT2D eigenvalue weighted by atomic mass is 9.57. The summed E-state index contributed by atoms with van der Waals surface area (Å²) in [4.78, 5) is 42.9. The quantitative estimate of drug-likeness (QED) is 0.357. The molecular weight excluding hydrogens is 502 g/mol. The zero-order valence-corrected chi connectivity index (χ0v) is 22.4. The molecule has 0 spiro atoms. The van der Waals surface area contributed by atoms with Crippen LogP contribution in [0.25, 0.3) is 16.5 Å².